The van der Waals surface area contributed by atoms with Gasteiger partial charge in [0, 0.05) is 80.5 Å². The first-order valence-corrected chi connectivity index (χ1v) is 22.9. The van der Waals surface area contributed by atoms with Crippen LogP contribution in [0.15, 0.2) is 125 Å². The van der Waals surface area contributed by atoms with Crippen LogP contribution in [-0.4, -0.2) is 104 Å². The van der Waals surface area contributed by atoms with Crippen molar-refractivity contribution in [1.29, 1.82) is 0 Å². The van der Waals surface area contributed by atoms with Crippen molar-refractivity contribution in [3.63, 3.8) is 0 Å². The molecule has 0 aliphatic carbocycles. The minimum atomic E-state index is -4.54. The molecule has 8 rings (SSSR count). The van der Waals surface area contributed by atoms with Crippen LogP contribution in [0.4, 0.5) is 31.7 Å². The minimum Gasteiger partial charge on any atom is -0.379 e. The van der Waals surface area contributed by atoms with E-state index in [1.54, 1.807) is 16.7 Å². The number of thioether (sulfide) groups is 1. The standard InChI is InChI=1S/C45H46F2N8O5S2/c46-39-28-38-43(42(47)44(39)54-21-19-53(20-22-54)29-33-11-7-8-14-37(33)32-9-3-1-4-10-32)48-31-49-45(38)51-62(58,59)36-15-16-40(41(27-36)55(56)57)50-34(17-18-52-23-25-60-26-24-52)30-61-35-12-5-2-6-13-35/h1-16,27-28,31,34,50H,17-26,29-30H2,(H,48,49,51)/t34-/m1/s1. The van der Waals surface area contributed by atoms with Crippen molar-refractivity contribution in [3.8, 4) is 11.1 Å². The molecule has 3 heterocycles. The number of sulfonamides is 1. The van der Waals surface area contributed by atoms with Gasteiger partial charge in [-0.3, -0.25) is 24.6 Å². The Morgan fingerprint density at radius 3 is 2.29 bits per heavy atom. The lowest BCUT2D eigenvalue weighted by molar-refractivity contribution is -0.384. The second-order valence-corrected chi connectivity index (χ2v) is 18.0. The molecule has 2 N–H and O–H groups in total. The Kier molecular flexibility index (Phi) is 13.5. The Morgan fingerprint density at radius 2 is 1.55 bits per heavy atom. The Balaban J connectivity index is 0.973. The van der Waals surface area contributed by atoms with Crippen LogP contribution < -0.4 is 14.9 Å². The van der Waals surface area contributed by atoms with Crippen molar-refractivity contribution in [1.82, 2.24) is 19.8 Å². The van der Waals surface area contributed by atoms with Gasteiger partial charge in [0.1, 0.15) is 29.0 Å². The smallest absolute Gasteiger partial charge is 0.293 e. The van der Waals surface area contributed by atoms with E-state index in [0.717, 1.165) is 59.7 Å². The molecule has 1 aromatic heterocycles. The molecule has 17 heteroatoms. The maximum absolute atomic E-state index is 16.3. The van der Waals surface area contributed by atoms with Crippen LogP contribution in [0.5, 0.6) is 0 Å². The highest BCUT2D eigenvalue weighted by atomic mass is 32.2. The van der Waals surface area contributed by atoms with Crippen molar-refractivity contribution in [2.75, 3.05) is 79.7 Å². The molecule has 0 bridgehead atoms. The highest BCUT2D eigenvalue weighted by molar-refractivity contribution is 7.99. The van der Waals surface area contributed by atoms with Crippen LogP contribution in [0, 0.1) is 21.7 Å². The third-order valence-electron chi connectivity index (χ3n) is 11.1. The first-order valence-electron chi connectivity index (χ1n) is 20.4. The number of rotatable bonds is 16. The number of nitro benzene ring substituents is 1. The number of piperazine rings is 1. The average Bonchev–Trinajstić information content (AvgIpc) is 3.29. The summed E-state index contributed by atoms with van der Waals surface area (Å²) < 4.78 is 67.6. The van der Waals surface area contributed by atoms with Gasteiger partial charge < -0.3 is 15.0 Å². The van der Waals surface area contributed by atoms with Gasteiger partial charge in [0.05, 0.1) is 23.0 Å². The number of aromatic nitrogens is 2. The lowest BCUT2D eigenvalue weighted by Crippen LogP contribution is -2.46. The molecule has 0 radical (unpaired) electrons. The monoisotopic (exact) mass is 880 g/mol. The molecule has 2 fully saturated rings. The summed E-state index contributed by atoms with van der Waals surface area (Å²) in [5.41, 5.74) is 2.61. The van der Waals surface area contributed by atoms with E-state index in [-0.39, 0.29) is 34.1 Å². The van der Waals surface area contributed by atoms with E-state index in [2.05, 4.69) is 54.1 Å². The van der Waals surface area contributed by atoms with Crippen LogP contribution in [0.2, 0.25) is 0 Å². The van der Waals surface area contributed by atoms with Crippen LogP contribution in [0.3, 0.4) is 0 Å². The zero-order valence-corrected chi connectivity index (χ0v) is 35.5. The summed E-state index contributed by atoms with van der Waals surface area (Å²) in [7, 11) is -4.54. The molecule has 2 aliphatic heterocycles. The highest BCUT2D eigenvalue weighted by Crippen LogP contribution is 2.35. The molecule has 2 saturated heterocycles. The summed E-state index contributed by atoms with van der Waals surface area (Å²) in [6.45, 7) is 6.10. The molecule has 13 nitrogen and oxygen atoms in total. The number of anilines is 3. The zero-order chi connectivity index (χ0) is 43.1. The summed E-state index contributed by atoms with van der Waals surface area (Å²) in [6, 6.07) is 32.6. The van der Waals surface area contributed by atoms with Gasteiger partial charge in [-0.15, -0.1) is 11.8 Å². The van der Waals surface area contributed by atoms with E-state index in [1.807, 2.05) is 60.7 Å². The van der Waals surface area contributed by atoms with Crippen LogP contribution >= 0.6 is 11.8 Å². The molecule has 0 saturated carbocycles. The fourth-order valence-electron chi connectivity index (χ4n) is 7.85. The first-order chi connectivity index (χ1) is 30.1. The number of nitrogens with one attached hydrogen (secondary N) is 2. The van der Waals surface area contributed by atoms with Crippen molar-refractivity contribution in [2.24, 2.45) is 0 Å². The van der Waals surface area contributed by atoms with Crippen molar-refractivity contribution >= 4 is 55.6 Å². The number of ether oxygens (including phenoxy) is 1. The second kappa shape index (κ2) is 19.5. The van der Waals surface area contributed by atoms with Gasteiger partial charge in [0.2, 0.25) is 0 Å². The lowest BCUT2D eigenvalue weighted by atomic mass is 9.99. The van der Waals surface area contributed by atoms with E-state index < -0.39 is 37.2 Å². The van der Waals surface area contributed by atoms with Gasteiger partial charge in [0.15, 0.2) is 11.6 Å². The Bertz CT molecular complexity index is 2620. The molecule has 0 spiro atoms. The highest BCUT2D eigenvalue weighted by Gasteiger charge is 2.29. The quantitative estimate of drug-likeness (QED) is 0.0554. The molecule has 2 aliphatic rings. The van der Waals surface area contributed by atoms with E-state index in [0.29, 0.717) is 58.1 Å². The van der Waals surface area contributed by atoms with Crippen molar-refractivity contribution < 1.29 is 26.9 Å². The average molecular weight is 881 g/mol. The SMILES string of the molecule is O=[N+]([O-])c1cc(S(=O)(=O)Nc2ncnc3c(F)c(N4CCN(Cc5ccccc5-c5ccccc5)CC4)c(F)cc23)ccc1N[C@H](CCN1CCOCC1)CSc1ccccc1. The molecule has 0 amide bonds. The fourth-order valence-corrected chi connectivity index (χ4v) is 9.89. The summed E-state index contributed by atoms with van der Waals surface area (Å²) in [4.78, 5) is 26.7. The number of benzene rings is 5. The number of fused-ring (bicyclic) bond motifs is 1. The zero-order valence-electron chi connectivity index (χ0n) is 33.8. The predicted molar refractivity (Wildman–Crippen MR) is 239 cm³/mol. The Hall–Kier alpha value is -5.72. The van der Waals surface area contributed by atoms with Gasteiger partial charge in [-0.2, -0.15) is 0 Å². The van der Waals surface area contributed by atoms with Crippen LogP contribution in [0.1, 0.15) is 12.0 Å². The first kappa shape index (κ1) is 42.9. The van der Waals surface area contributed by atoms with Gasteiger partial charge in [-0.05, 0) is 53.4 Å². The van der Waals surface area contributed by atoms with Crippen LogP contribution in [0.25, 0.3) is 22.0 Å². The fraction of sp³-hybridized carbons (Fsp3) is 0.289. The molecule has 5 aromatic carbocycles. The van der Waals surface area contributed by atoms with E-state index in [4.69, 9.17) is 4.74 Å². The summed E-state index contributed by atoms with van der Waals surface area (Å²) >= 11 is 1.62. The number of morpholine rings is 1. The Morgan fingerprint density at radius 1 is 0.839 bits per heavy atom. The molecular weight excluding hydrogens is 835 g/mol. The number of nitro groups is 1. The van der Waals surface area contributed by atoms with E-state index in [9.17, 15) is 18.5 Å². The van der Waals surface area contributed by atoms with Gasteiger partial charge >= 0.3 is 0 Å². The summed E-state index contributed by atoms with van der Waals surface area (Å²) in [6.07, 6.45) is 1.67. The molecular formula is C45H46F2N8O5S2. The molecule has 62 heavy (non-hydrogen) atoms. The lowest BCUT2D eigenvalue weighted by Gasteiger charge is -2.36. The van der Waals surface area contributed by atoms with E-state index in [1.165, 1.54) is 12.1 Å². The maximum atomic E-state index is 16.3. The normalized spacial score (nSPS) is 15.7. The third kappa shape index (κ3) is 10.1. The topological polar surface area (TPSA) is 146 Å². The van der Waals surface area contributed by atoms with Gasteiger partial charge in [0.25, 0.3) is 15.7 Å². The molecule has 0 unspecified atom stereocenters. The molecule has 1 atom stereocenters. The number of hydrogen-bond acceptors (Lipinski definition) is 12. The summed E-state index contributed by atoms with van der Waals surface area (Å²) in [5.74, 6) is -1.60. The van der Waals surface area contributed by atoms with E-state index >= 15 is 8.78 Å². The summed E-state index contributed by atoms with van der Waals surface area (Å²) in [5, 5.41) is 15.5. The molecule has 322 valence electrons. The number of halogens is 2. The van der Waals surface area contributed by atoms with Crippen LogP contribution in [-0.2, 0) is 21.3 Å². The predicted octanol–water partition coefficient (Wildman–Crippen LogP) is 7.90. The largest absolute Gasteiger partial charge is 0.379 e. The second-order valence-electron chi connectivity index (χ2n) is 15.2. The Labute approximate surface area is 363 Å². The van der Waals surface area contributed by atoms with Crippen molar-refractivity contribution in [2.45, 2.75) is 28.8 Å². The van der Waals surface area contributed by atoms with Gasteiger partial charge in [-0.1, -0.05) is 72.8 Å². The number of hydrogen-bond donors (Lipinski definition) is 2. The maximum Gasteiger partial charge on any atom is 0.293 e. The third-order valence-corrected chi connectivity index (χ3v) is 13.7. The molecule has 6 aromatic rings. The minimum absolute atomic E-state index is 0.164. The van der Waals surface area contributed by atoms with Crippen molar-refractivity contribution in [3.05, 3.63) is 143 Å². The van der Waals surface area contributed by atoms with Gasteiger partial charge in [-0.25, -0.2) is 27.2 Å². The number of nitrogens with zero attached hydrogens (tertiary/aromatic N) is 6.